The van der Waals surface area contributed by atoms with Crippen LogP contribution in [0.2, 0.25) is 0 Å². The fraction of sp³-hybridized carbons (Fsp3) is 0.211. The van der Waals surface area contributed by atoms with E-state index >= 15 is 0 Å². The van der Waals surface area contributed by atoms with Crippen LogP contribution in [0.25, 0.3) is 0 Å². The van der Waals surface area contributed by atoms with Gasteiger partial charge in [0.05, 0.1) is 18.3 Å². The van der Waals surface area contributed by atoms with Gasteiger partial charge in [-0.25, -0.2) is 0 Å². The molecule has 0 saturated heterocycles. The summed E-state index contributed by atoms with van der Waals surface area (Å²) in [5.41, 5.74) is 2.33. The average molecular weight is 408 g/mol. The van der Waals surface area contributed by atoms with Crippen molar-refractivity contribution in [3.63, 3.8) is 0 Å². The number of carbonyl (C=O) groups excluding carboxylic acids is 1. The summed E-state index contributed by atoms with van der Waals surface area (Å²) in [7, 11) is -2.39. The SMILES string of the molecule is [2H]C([2H])(c1ccccc1)S(=O)(=O)OC1=C(N)O[C@]([2H])(c2cc(OC)ccc2OC)C1=O. The predicted octanol–water partition coefficient (Wildman–Crippen LogP) is 2.02. The minimum absolute atomic E-state index is 0.0840. The predicted molar refractivity (Wildman–Crippen MR) is 99.7 cm³/mol. The average Bonchev–Trinajstić information content (AvgIpc) is 2.97. The van der Waals surface area contributed by atoms with Gasteiger partial charge in [-0.1, -0.05) is 30.3 Å². The van der Waals surface area contributed by atoms with Crippen LogP contribution in [0.15, 0.2) is 60.2 Å². The molecule has 2 aromatic rings. The highest BCUT2D eigenvalue weighted by Gasteiger charge is 2.41. The third kappa shape index (κ3) is 4.04. The first kappa shape index (κ1) is 15.8. The number of methoxy groups -OCH3 is 2. The molecule has 1 atom stereocenters. The first-order chi connectivity index (χ1) is 14.5. The summed E-state index contributed by atoms with van der Waals surface area (Å²) in [5, 5.41) is 0. The Morgan fingerprint density at radius 3 is 2.54 bits per heavy atom. The van der Waals surface area contributed by atoms with E-state index in [1.54, 1.807) is 6.07 Å². The van der Waals surface area contributed by atoms with Gasteiger partial charge in [-0.3, -0.25) is 4.79 Å². The van der Waals surface area contributed by atoms with Gasteiger partial charge in [-0.05, 0) is 23.8 Å². The number of carbonyl (C=O) groups is 1. The van der Waals surface area contributed by atoms with Crippen molar-refractivity contribution in [3.8, 4) is 11.5 Å². The normalized spacial score (nSPS) is 21.4. The van der Waals surface area contributed by atoms with Crippen molar-refractivity contribution >= 4 is 15.9 Å². The van der Waals surface area contributed by atoms with E-state index < -0.39 is 39.3 Å². The highest BCUT2D eigenvalue weighted by Crippen LogP contribution is 2.38. The van der Waals surface area contributed by atoms with E-state index in [-0.39, 0.29) is 22.6 Å². The molecule has 1 heterocycles. The van der Waals surface area contributed by atoms with Crippen molar-refractivity contribution in [2.24, 2.45) is 5.73 Å². The maximum absolute atomic E-state index is 13.0. The Hall–Kier alpha value is -3.20. The fourth-order valence-electron chi connectivity index (χ4n) is 2.45. The third-order valence-corrected chi connectivity index (χ3v) is 4.58. The minimum atomic E-state index is -5.07. The number of hydrogen-bond donors (Lipinski definition) is 1. The molecule has 1 aliphatic rings. The number of ketones is 1. The monoisotopic (exact) mass is 408 g/mol. The molecule has 2 aromatic carbocycles. The molecule has 0 spiro atoms. The number of ether oxygens (including phenoxy) is 3. The van der Waals surface area contributed by atoms with Gasteiger partial charge in [-0.2, -0.15) is 8.42 Å². The lowest BCUT2D eigenvalue weighted by Crippen LogP contribution is -2.16. The number of benzene rings is 2. The molecule has 0 aromatic heterocycles. The molecular weight excluding hydrogens is 386 g/mol. The molecule has 0 bridgehead atoms. The molecule has 0 aliphatic carbocycles. The van der Waals surface area contributed by atoms with Crippen LogP contribution >= 0.6 is 0 Å². The Kier molecular flexibility index (Phi) is 4.41. The van der Waals surface area contributed by atoms with Crippen LogP contribution in [0, 0.1) is 0 Å². The molecule has 9 heteroatoms. The Morgan fingerprint density at radius 1 is 1.18 bits per heavy atom. The molecule has 3 rings (SSSR count). The maximum Gasteiger partial charge on any atom is 0.313 e. The Morgan fingerprint density at radius 2 is 1.89 bits per heavy atom. The summed E-state index contributed by atoms with van der Waals surface area (Å²) in [5.74, 6) is -2.67. The second kappa shape index (κ2) is 7.81. The van der Waals surface area contributed by atoms with Gasteiger partial charge < -0.3 is 24.1 Å². The van der Waals surface area contributed by atoms with E-state index in [2.05, 4.69) is 0 Å². The highest BCUT2D eigenvalue weighted by molar-refractivity contribution is 7.86. The Balaban J connectivity index is 1.99. The zero-order valence-corrected chi connectivity index (χ0v) is 15.8. The molecule has 2 N–H and O–H groups in total. The van der Waals surface area contributed by atoms with E-state index in [1.165, 1.54) is 56.7 Å². The molecule has 0 saturated carbocycles. The molecule has 0 fully saturated rings. The van der Waals surface area contributed by atoms with Crippen molar-refractivity contribution in [1.82, 2.24) is 0 Å². The lowest BCUT2D eigenvalue weighted by molar-refractivity contribution is -0.123. The molecule has 0 unspecified atom stereocenters. The van der Waals surface area contributed by atoms with Crippen LogP contribution in [0.3, 0.4) is 0 Å². The first-order valence-electron chi connectivity index (χ1n) is 9.43. The lowest BCUT2D eigenvalue weighted by atomic mass is 10.0. The van der Waals surface area contributed by atoms with E-state index in [9.17, 15) is 13.2 Å². The van der Waals surface area contributed by atoms with Crippen LogP contribution in [0.5, 0.6) is 11.5 Å². The van der Waals surface area contributed by atoms with Crippen molar-refractivity contribution in [2.45, 2.75) is 11.8 Å². The fourth-order valence-corrected chi connectivity index (χ4v) is 3.29. The Labute approximate surface area is 166 Å². The smallest absolute Gasteiger partial charge is 0.313 e. The van der Waals surface area contributed by atoms with Crippen molar-refractivity contribution < 1.29 is 35.7 Å². The topological polar surface area (TPSA) is 114 Å². The van der Waals surface area contributed by atoms with E-state index in [0.29, 0.717) is 0 Å². The molecule has 8 nitrogen and oxygen atoms in total. The van der Waals surface area contributed by atoms with Gasteiger partial charge in [0, 0.05) is 5.56 Å². The van der Waals surface area contributed by atoms with Crippen molar-refractivity contribution in [1.29, 1.82) is 0 Å². The number of rotatable bonds is 7. The van der Waals surface area contributed by atoms with Gasteiger partial charge in [0.15, 0.2) is 6.08 Å². The second-order valence-corrected chi connectivity index (χ2v) is 6.80. The lowest BCUT2D eigenvalue weighted by Gasteiger charge is -2.15. The van der Waals surface area contributed by atoms with Crippen LogP contribution in [-0.2, 0) is 29.5 Å². The number of Topliss-reactive ketones (excluding diaryl/α,β-unsaturated/α-hetero) is 1. The molecule has 148 valence electrons. The number of hydrogen-bond acceptors (Lipinski definition) is 8. The van der Waals surface area contributed by atoms with Gasteiger partial charge in [0.1, 0.15) is 17.2 Å². The molecule has 0 amide bonds. The van der Waals surface area contributed by atoms with E-state index in [4.69, 9.17) is 28.2 Å². The van der Waals surface area contributed by atoms with Crippen LogP contribution in [-0.4, -0.2) is 28.4 Å². The van der Waals surface area contributed by atoms with E-state index in [1.807, 2.05) is 0 Å². The second-order valence-electron chi connectivity index (χ2n) is 5.53. The minimum Gasteiger partial charge on any atom is -0.497 e. The Bertz CT molecular complexity index is 1150. The molecular formula is C19H19NO7S. The highest BCUT2D eigenvalue weighted by atomic mass is 32.2. The maximum atomic E-state index is 13.0. The third-order valence-electron chi connectivity index (χ3n) is 3.71. The number of nitrogens with two attached hydrogens (primary N) is 1. The van der Waals surface area contributed by atoms with Crippen molar-refractivity contribution in [2.75, 3.05) is 14.2 Å². The summed E-state index contributed by atoms with van der Waals surface area (Å²) >= 11 is 0. The summed E-state index contributed by atoms with van der Waals surface area (Å²) in [6, 6.07) is 11.2. The first-order valence-corrected chi connectivity index (χ1v) is 9.34. The van der Waals surface area contributed by atoms with Crippen LogP contribution < -0.4 is 15.2 Å². The van der Waals surface area contributed by atoms with Crippen LogP contribution in [0.4, 0.5) is 0 Å². The van der Waals surface area contributed by atoms with Gasteiger partial charge in [0.25, 0.3) is 0 Å². The van der Waals surface area contributed by atoms with Crippen LogP contribution in [0.1, 0.15) is 21.3 Å². The molecule has 1 aliphatic heterocycles. The quantitative estimate of drug-likeness (QED) is 0.692. The summed E-state index contributed by atoms with van der Waals surface area (Å²) in [6.07, 6.45) is -2.53. The zero-order chi connectivity index (χ0) is 23.0. The van der Waals surface area contributed by atoms with Gasteiger partial charge >= 0.3 is 10.1 Å². The largest absolute Gasteiger partial charge is 0.497 e. The standard InChI is InChI=1S/C19H19NO7S/c1-24-13-8-9-15(25-2)14(10-13)17-16(21)18(19(20)26-17)27-28(22,23)11-12-6-4-3-5-7-12/h3-10,17H,11,20H2,1-2H3/t17-/m1/s1/i11D2,17D. The summed E-state index contributed by atoms with van der Waals surface area (Å²) < 4.78 is 70.1. The summed E-state index contributed by atoms with van der Waals surface area (Å²) in [4.78, 5) is 13.0. The van der Waals surface area contributed by atoms with Crippen molar-refractivity contribution in [3.05, 3.63) is 71.3 Å². The molecule has 28 heavy (non-hydrogen) atoms. The van der Waals surface area contributed by atoms with Gasteiger partial charge in [0.2, 0.25) is 17.4 Å². The van der Waals surface area contributed by atoms with E-state index in [0.717, 1.165) is 0 Å². The van der Waals surface area contributed by atoms with Gasteiger partial charge in [-0.15, -0.1) is 0 Å². The summed E-state index contributed by atoms with van der Waals surface area (Å²) in [6.45, 7) is 0. The zero-order valence-electron chi connectivity index (χ0n) is 18.0. The molecule has 0 radical (unpaired) electrons.